The molecule has 1 heterocycles. The summed E-state index contributed by atoms with van der Waals surface area (Å²) in [5.41, 5.74) is 0.954. The number of esters is 1. The summed E-state index contributed by atoms with van der Waals surface area (Å²) in [6.07, 6.45) is 3.31. The van der Waals surface area contributed by atoms with Crippen molar-refractivity contribution >= 4 is 23.5 Å². The SMILES string of the molecule is Cc1nn(-c2ccc(F)cc2)c(Cl)c1C(=O)O[C@H](C)C(=O)N[C@H]1CCCC[C@@H]1C. The second-order valence-corrected chi connectivity index (χ2v) is 7.92. The zero-order valence-electron chi connectivity index (χ0n) is 16.7. The van der Waals surface area contributed by atoms with Crippen LogP contribution in [0.15, 0.2) is 24.3 Å². The van der Waals surface area contributed by atoms with E-state index in [0.717, 1.165) is 19.3 Å². The number of benzene rings is 1. The van der Waals surface area contributed by atoms with Crippen LogP contribution in [0.25, 0.3) is 5.69 Å². The normalized spacial score (nSPS) is 20.2. The predicted molar refractivity (Wildman–Crippen MR) is 108 cm³/mol. The molecule has 2 aromatic rings. The third-order valence-corrected chi connectivity index (χ3v) is 5.72. The van der Waals surface area contributed by atoms with E-state index in [1.54, 1.807) is 6.92 Å². The average Bonchev–Trinajstić information content (AvgIpc) is 2.98. The summed E-state index contributed by atoms with van der Waals surface area (Å²) >= 11 is 6.34. The van der Waals surface area contributed by atoms with Gasteiger partial charge in [0.2, 0.25) is 0 Å². The molecule has 1 aromatic carbocycles. The quantitative estimate of drug-likeness (QED) is 0.734. The highest BCUT2D eigenvalue weighted by atomic mass is 35.5. The van der Waals surface area contributed by atoms with Crippen molar-refractivity contribution in [1.29, 1.82) is 0 Å². The molecule has 1 aliphatic carbocycles. The molecule has 0 aliphatic heterocycles. The molecule has 1 aliphatic rings. The van der Waals surface area contributed by atoms with Gasteiger partial charge in [-0.2, -0.15) is 5.10 Å². The number of halogens is 2. The Labute approximate surface area is 174 Å². The van der Waals surface area contributed by atoms with E-state index in [0.29, 0.717) is 17.3 Å². The van der Waals surface area contributed by atoms with Gasteiger partial charge in [0.25, 0.3) is 5.91 Å². The molecular weight excluding hydrogens is 397 g/mol. The van der Waals surface area contributed by atoms with Crippen molar-refractivity contribution < 1.29 is 18.7 Å². The first-order valence-electron chi connectivity index (χ1n) is 9.80. The Morgan fingerprint density at radius 2 is 1.93 bits per heavy atom. The van der Waals surface area contributed by atoms with E-state index >= 15 is 0 Å². The molecule has 3 atom stereocenters. The first-order chi connectivity index (χ1) is 13.8. The predicted octanol–water partition coefficient (Wildman–Crippen LogP) is 4.21. The Morgan fingerprint density at radius 3 is 2.59 bits per heavy atom. The standard InChI is InChI=1S/C21H25ClFN3O3/c1-12-6-4-5-7-17(12)24-20(27)14(3)29-21(28)18-13(2)25-26(19(18)22)16-10-8-15(23)9-11-16/h8-12,14,17H,4-7H2,1-3H3,(H,24,27)/t12-,14+,17-/m0/s1. The van der Waals surface area contributed by atoms with Gasteiger partial charge in [-0.05, 0) is 56.9 Å². The molecule has 0 unspecified atom stereocenters. The lowest BCUT2D eigenvalue weighted by Gasteiger charge is -2.30. The van der Waals surface area contributed by atoms with Gasteiger partial charge in [0.1, 0.15) is 16.5 Å². The van der Waals surface area contributed by atoms with Gasteiger partial charge < -0.3 is 10.1 Å². The highest BCUT2D eigenvalue weighted by Crippen LogP contribution is 2.26. The molecule has 1 aromatic heterocycles. The van der Waals surface area contributed by atoms with Crippen molar-refractivity contribution in [2.24, 2.45) is 5.92 Å². The van der Waals surface area contributed by atoms with E-state index in [1.165, 1.54) is 42.3 Å². The van der Waals surface area contributed by atoms with Crippen molar-refractivity contribution in [3.8, 4) is 5.69 Å². The van der Waals surface area contributed by atoms with Crippen molar-refractivity contribution in [3.05, 3.63) is 46.5 Å². The monoisotopic (exact) mass is 421 g/mol. The maximum Gasteiger partial charge on any atom is 0.344 e. The molecular formula is C21H25ClFN3O3. The highest BCUT2D eigenvalue weighted by molar-refractivity contribution is 6.33. The summed E-state index contributed by atoms with van der Waals surface area (Å²) in [6, 6.07) is 5.66. The van der Waals surface area contributed by atoms with Crippen LogP contribution in [0, 0.1) is 18.7 Å². The lowest BCUT2D eigenvalue weighted by atomic mass is 9.86. The third-order valence-electron chi connectivity index (χ3n) is 5.37. The van der Waals surface area contributed by atoms with Crippen molar-refractivity contribution in [1.82, 2.24) is 15.1 Å². The molecule has 1 fully saturated rings. The molecule has 3 rings (SSSR count). The molecule has 6 nitrogen and oxygen atoms in total. The smallest absolute Gasteiger partial charge is 0.344 e. The van der Waals surface area contributed by atoms with Crippen LogP contribution < -0.4 is 5.32 Å². The number of carbonyl (C=O) groups is 2. The van der Waals surface area contributed by atoms with Crippen LogP contribution in [0.1, 0.15) is 55.6 Å². The maximum absolute atomic E-state index is 13.2. The van der Waals surface area contributed by atoms with Crippen LogP contribution >= 0.6 is 11.6 Å². The maximum atomic E-state index is 13.2. The van der Waals surface area contributed by atoms with Gasteiger partial charge in [0.05, 0.1) is 11.4 Å². The minimum Gasteiger partial charge on any atom is -0.449 e. The van der Waals surface area contributed by atoms with Gasteiger partial charge in [0.15, 0.2) is 6.10 Å². The fourth-order valence-corrected chi connectivity index (χ4v) is 3.94. The average molecular weight is 422 g/mol. The Hall–Kier alpha value is -2.41. The summed E-state index contributed by atoms with van der Waals surface area (Å²) in [4.78, 5) is 25.1. The van der Waals surface area contributed by atoms with Gasteiger partial charge in [-0.25, -0.2) is 13.9 Å². The van der Waals surface area contributed by atoms with Crippen molar-refractivity contribution in [3.63, 3.8) is 0 Å². The molecule has 0 saturated heterocycles. The van der Waals surface area contributed by atoms with Crippen LogP contribution in [0.2, 0.25) is 5.15 Å². The van der Waals surface area contributed by atoms with E-state index in [-0.39, 0.29) is 28.5 Å². The van der Waals surface area contributed by atoms with Crippen molar-refractivity contribution in [2.75, 3.05) is 0 Å². The van der Waals surface area contributed by atoms with E-state index < -0.39 is 12.1 Å². The van der Waals surface area contributed by atoms with Gasteiger partial charge in [-0.3, -0.25) is 4.79 Å². The van der Waals surface area contributed by atoms with E-state index in [2.05, 4.69) is 17.3 Å². The minimum absolute atomic E-state index is 0.0487. The lowest BCUT2D eigenvalue weighted by Crippen LogP contribution is -2.46. The number of hydrogen-bond acceptors (Lipinski definition) is 4. The molecule has 1 N–H and O–H groups in total. The summed E-state index contributed by atoms with van der Waals surface area (Å²) in [7, 11) is 0. The van der Waals surface area contributed by atoms with Gasteiger partial charge in [0, 0.05) is 6.04 Å². The van der Waals surface area contributed by atoms with Crippen LogP contribution in [0.4, 0.5) is 4.39 Å². The van der Waals surface area contributed by atoms with Gasteiger partial charge in [-0.1, -0.05) is 31.4 Å². The first-order valence-corrected chi connectivity index (χ1v) is 10.2. The number of aryl methyl sites for hydroxylation is 1. The number of amides is 1. The molecule has 1 saturated carbocycles. The van der Waals surface area contributed by atoms with Crippen LogP contribution in [-0.2, 0) is 9.53 Å². The molecule has 8 heteroatoms. The number of nitrogens with zero attached hydrogens (tertiary/aromatic N) is 2. The second-order valence-electron chi connectivity index (χ2n) is 7.56. The van der Waals surface area contributed by atoms with Crippen molar-refractivity contribution in [2.45, 2.75) is 58.6 Å². The Kier molecular flexibility index (Phi) is 6.57. The fourth-order valence-electron chi connectivity index (χ4n) is 3.59. The Morgan fingerprint density at radius 1 is 1.28 bits per heavy atom. The second kappa shape index (κ2) is 8.95. The zero-order valence-corrected chi connectivity index (χ0v) is 17.5. The third kappa shape index (κ3) is 4.78. The lowest BCUT2D eigenvalue weighted by molar-refractivity contribution is -0.130. The Bertz CT molecular complexity index is 897. The Balaban J connectivity index is 1.70. The number of ether oxygens (including phenoxy) is 1. The molecule has 1 amide bonds. The minimum atomic E-state index is -0.957. The van der Waals surface area contributed by atoms with E-state index in [9.17, 15) is 14.0 Å². The number of aromatic nitrogens is 2. The van der Waals surface area contributed by atoms with Gasteiger partial charge >= 0.3 is 5.97 Å². The summed E-state index contributed by atoms with van der Waals surface area (Å²) in [5.74, 6) is -1.03. The number of carbonyl (C=O) groups excluding carboxylic acids is 2. The topological polar surface area (TPSA) is 73.2 Å². The number of rotatable bonds is 5. The fraction of sp³-hybridized carbons (Fsp3) is 0.476. The van der Waals surface area contributed by atoms with E-state index in [4.69, 9.17) is 16.3 Å². The van der Waals surface area contributed by atoms with Crippen LogP contribution in [-0.4, -0.2) is 33.8 Å². The van der Waals surface area contributed by atoms with E-state index in [1.807, 2.05) is 0 Å². The number of hydrogen-bond donors (Lipinski definition) is 1. The van der Waals surface area contributed by atoms with Gasteiger partial charge in [-0.15, -0.1) is 0 Å². The number of nitrogens with one attached hydrogen (secondary N) is 1. The van der Waals surface area contributed by atoms with Crippen LogP contribution in [0.5, 0.6) is 0 Å². The molecule has 0 bridgehead atoms. The van der Waals surface area contributed by atoms with Crippen LogP contribution in [0.3, 0.4) is 0 Å². The summed E-state index contributed by atoms with van der Waals surface area (Å²) in [5, 5.41) is 7.28. The summed E-state index contributed by atoms with van der Waals surface area (Å²) in [6.45, 7) is 5.28. The molecule has 29 heavy (non-hydrogen) atoms. The molecule has 0 spiro atoms. The first kappa shape index (κ1) is 21.3. The molecule has 156 valence electrons. The largest absolute Gasteiger partial charge is 0.449 e. The summed E-state index contributed by atoms with van der Waals surface area (Å²) < 4.78 is 19.8. The highest BCUT2D eigenvalue weighted by Gasteiger charge is 2.29. The zero-order chi connectivity index (χ0) is 21.1. The molecule has 0 radical (unpaired) electrons.